The van der Waals surface area contributed by atoms with Gasteiger partial charge < -0.3 is 24.4 Å². The standard InChI is InChI=1S/C28H29N3O5S/c1-29-12-14-30(15-13-29)18-6-8-19(9-7-18)31-25(23-5-4-16-37-23)24(27(33)28(31)34)26(32)21-17-20(35-2)10-11-22(21)36-3/h4-11,16-17,25,32H,12-15H2,1-3H3/b26-24-. The van der Waals surface area contributed by atoms with Gasteiger partial charge in [0.2, 0.25) is 0 Å². The first kappa shape index (κ1) is 24.9. The van der Waals surface area contributed by atoms with Crippen molar-refractivity contribution in [2.75, 3.05) is 57.2 Å². The second kappa shape index (κ2) is 10.3. The molecule has 5 rings (SSSR count). The summed E-state index contributed by atoms with van der Waals surface area (Å²) < 4.78 is 10.8. The second-order valence-electron chi connectivity index (χ2n) is 9.06. The van der Waals surface area contributed by atoms with Crippen LogP contribution in [0, 0.1) is 0 Å². The van der Waals surface area contributed by atoms with Gasteiger partial charge in [-0.25, -0.2) is 0 Å². The molecular weight excluding hydrogens is 490 g/mol. The fourth-order valence-corrected chi connectivity index (χ4v) is 5.67. The Bertz CT molecular complexity index is 1330. The third kappa shape index (κ3) is 4.56. The molecule has 37 heavy (non-hydrogen) atoms. The predicted molar refractivity (Wildman–Crippen MR) is 145 cm³/mol. The number of aliphatic hydroxyl groups excluding tert-OH is 1. The summed E-state index contributed by atoms with van der Waals surface area (Å²) in [6.07, 6.45) is 0. The number of methoxy groups -OCH3 is 2. The van der Waals surface area contributed by atoms with E-state index in [1.165, 1.54) is 30.5 Å². The average molecular weight is 520 g/mol. The van der Waals surface area contributed by atoms with Crippen molar-refractivity contribution < 1.29 is 24.2 Å². The van der Waals surface area contributed by atoms with E-state index >= 15 is 0 Å². The Labute approximate surface area is 219 Å². The molecule has 0 spiro atoms. The van der Waals surface area contributed by atoms with E-state index in [9.17, 15) is 14.7 Å². The van der Waals surface area contributed by atoms with Crippen molar-refractivity contribution in [3.8, 4) is 11.5 Å². The van der Waals surface area contributed by atoms with Crippen molar-refractivity contribution in [1.82, 2.24) is 4.90 Å². The SMILES string of the molecule is COc1ccc(OC)c(/C(O)=C2/C(=O)C(=O)N(c3ccc(N4CCN(C)CC4)cc3)C2c2cccs2)c1. The number of hydrogen-bond donors (Lipinski definition) is 1. The number of aliphatic hydroxyl groups is 1. The van der Waals surface area contributed by atoms with Gasteiger partial charge in [-0.3, -0.25) is 14.5 Å². The summed E-state index contributed by atoms with van der Waals surface area (Å²) in [5.74, 6) is -0.878. The lowest BCUT2D eigenvalue weighted by atomic mass is 9.99. The first-order valence-electron chi connectivity index (χ1n) is 12.0. The minimum atomic E-state index is -0.773. The zero-order chi connectivity index (χ0) is 26.1. The van der Waals surface area contributed by atoms with E-state index in [1.54, 1.807) is 18.2 Å². The minimum Gasteiger partial charge on any atom is -0.507 e. The van der Waals surface area contributed by atoms with E-state index in [2.05, 4.69) is 16.8 Å². The van der Waals surface area contributed by atoms with E-state index in [0.29, 0.717) is 17.2 Å². The maximum absolute atomic E-state index is 13.4. The Morgan fingerprint density at radius 1 is 0.946 bits per heavy atom. The van der Waals surface area contributed by atoms with Gasteiger partial charge in [0.15, 0.2) is 0 Å². The van der Waals surface area contributed by atoms with Crippen LogP contribution in [0.25, 0.3) is 5.76 Å². The molecule has 2 aliphatic rings. The molecule has 1 N–H and O–H groups in total. The summed E-state index contributed by atoms with van der Waals surface area (Å²) in [6, 6.07) is 15.6. The molecule has 3 aromatic rings. The zero-order valence-electron chi connectivity index (χ0n) is 21.0. The maximum atomic E-state index is 13.4. The van der Waals surface area contributed by atoms with Gasteiger partial charge in [-0.05, 0) is 61.0 Å². The summed E-state index contributed by atoms with van der Waals surface area (Å²) in [7, 11) is 5.11. The Balaban J connectivity index is 1.58. The highest BCUT2D eigenvalue weighted by Crippen LogP contribution is 2.45. The Hall–Kier alpha value is -3.82. The first-order chi connectivity index (χ1) is 17.9. The molecule has 0 bridgehead atoms. The van der Waals surface area contributed by atoms with Crippen LogP contribution in [0.4, 0.5) is 11.4 Å². The minimum absolute atomic E-state index is 0.0159. The summed E-state index contributed by atoms with van der Waals surface area (Å²) in [5.41, 5.74) is 1.96. The Morgan fingerprint density at radius 2 is 1.65 bits per heavy atom. The molecule has 1 aromatic heterocycles. The lowest BCUT2D eigenvalue weighted by Gasteiger charge is -2.34. The molecule has 2 aliphatic heterocycles. The molecule has 3 heterocycles. The number of nitrogens with zero attached hydrogens (tertiary/aromatic N) is 3. The van der Waals surface area contributed by atoms with Crippen LogP contribution >= 0.6 is 11.3 Å². The molecule has 0 aliphatic carbocycles. The third-order valence-electron chi connectivity index (χ3n) is 6.92. The number of carbonyl (C=O) groups is 2. The van der Waals surface area contributed by atoms with Gasteiger partial charge in [0.25, 0.3) is 11.7 Å². The maximum Gasteiger partial charge on any atom is 0.300 e. The number of ether oxygens (including phenoxy) is 2. The highest BCUT2D eigenvalue weighted by atomic mass is 32.1. The number of thiophene rings is 1. The zero-order valence-corrected chi connectivity index (χ0v) is 21.8. The fourth-order valence-electron chi connectivity index (χ4n) is 4.85. The molecular formula is C28H29N3O5S. The van der Waals surface area contributed by atoms with E-state index < -0.39 is 17.7 Å². The van der Waals surface area contributed by atoms with Gasteiger partial charge in [0.05, 0.1) is 25.4 Å². The number of piperazine rings is 1. The van der Waals surface area contributed by atoms with Crippen LogP contribution in [0.1, 0.15) is 16.5 Å². The Morgan fingerprint density at radius 3 is 2.27 bits per heavy atom. The number of likely N-dealkylation sites (N-methyl/N-ethyl adjacent to an activating group) is 1. The normalized spacial score (nSPS) is 19.9. The predicted octanol–water partition coefficient (Wildman–Crippen LogP) is 4.14. The third-order valence-corrected chi connectivity index (χ3v) is 7.84. The average Bonchev–Trinajstić information content (AvgIpc) is 3.55. The monoisotopic (exact) mass is 519 g/mol. The molecule has 0 radical (unpaired) electrons. The van der Waals surface area contributed by atoms with Crippen LogP contribution in [-0.2, 0) is 9.59 Å². The van der Waals surface area contributed by atoms with Crippen LogP contribution in [0.5, 0.6) is 11.5 Å². The van der Waals surface area contributed by atoms with E-state index in [0.717, 1.165) is 36.7 Å². The number of Topliss-reactive ketones (excluding diaryl/α,β-unsaturated/α-hetero) is 1. The van der Waals surface area contributed by atoms with Crippen molar-refractivity contribution >= 4 is 40.2 Å². The van der Waals surface area contributed by atoms with Crippen molar-refractivity contribution in [3.63, 3.8) is 0 Å². The van der Waals surface area contributed by atoms with Crippen LogP contribution in [0.2, 0.25) is 0 Å². The lowest BCUT2D eigenvalue weighted by Crippen LogP contribution is -2.44. The fraction of sp³-hybridized carbons (Fsp3) is 0.286. The number of amides is 1. The molecule has 2 fully saturated rings. The van der Waals surface area contributed by atoms with Crippen molar-refractivity contribution in [2.24, 2.45) is 0 Å². The molecule has 2 aromatic carbocycles. The summed E-state index contributed by atoms with van der Waals surface area (Å²) in [6.45, 7) is 3.83. The van der Waals surface area contributed by atoms with Crippen molar-refractivity contribution in [1.29, 1.82) is 0 Å². The number of rotatable bonds is 6. The largest absolute Gasteiger partial charge is 0.507 e. The van der Waals surface area contributed by atoms with Gasteiger partial charge in [0, 0.05) is 42.4 Å². The van der Waals surface area contributed by atoms with E-state index in [1.807, 2.05) is 41.8 Å². The van der Waals surface area contributed by atoms with Gasteiger partial charge in [-0.2, -0.15) is 0 Å². The highest BCUT2D eigenvalue weighted by molar-refractivity contribution is 7.10. The summed E-state index contributed by atoms with van der Waals surface area (Å²) >= 11 is 1.42. The van der Waals surface area contributed by atoms with Gasteiger partial charge in [-0.1, -0.05) is 6.07 Å². The molecule has 192 valence electrons. The molecule has 8 nitrogen and oxygen atoms in total. The number of benzene rings is 2. The topological polar surface area (TPSA) is 82.5 Å². The Kier molecular flexibility index (Phi) is 6.90. The van der Waals surface area contributed by atoms with Crippen LogP contribution in [-0.4, -0.2) is 69.1 Å². The highest BCUT2D eigenvalue weighted by Gasteiger charge is 2.47. The van der Waals surface area contributed by atoms with Gasteiger partial charge in [0.1, 0.15) is 23.3 Å². The van der Waals surface area contributed by atoms with Crippen molar-refractivity contribution in [2.45, 2.75) is 6.04 Å². The van der Waals surface area contributed by atoms with Crippen LogP contribution in [0.3, 0.4) is 0 Å². The van der Waals surface area contributed by atoms with Gasteiger partial charge in [-0.15, -0.1) is 11.3 Å². The lowest BCUT2D eigenvalue weighted by molar-refractivity contribution is -0.132. The van der Waals surface area contributed by atoms with E-state index in [-0.39, 0.29) is 16.9 Å². The molecule has 1 unspecified atom stereocenters. The quantitative estimate of drug-likeness (QED) is 0.298. The first-order valence-corrected chi connectivity index (χ1v) is 12.9. The van der Waals surface area contributed by atoms with Crippen LogP contribution in [0.15, 0.2) is 65.6 Å². The second-order valence-corrected chi connectivity index (χ2v) is 10.0. The number of anilines is 2. The molecule has 9 heteroatoms. The van der Waals surface area contributed by atoms with Crippen LogP contribution < -0.4 is 19.3 Å². The molecule has 0 saturated carbocycles. The summed E-state index contributed by atoms with van der Waals surface area (Å²) in [4.78, 5) is 33.7. The molecule has 2 saturated heterocycles. The molecule has 1 amide bonds. The number of hydrogen-bond acceptors (Lipinski definition) is 8. The van der Waals surface area contributed by atoms with Gasteiger partial charge >= 0.3 is 0 Å². The summed E-state index contributed by atoms with van der Waals surface area (Å²) in [5, 5.41) is 13.3. The number of ketones is 1. The molecule has 1 atom stereocenters. The van der Waals surface area contributed by atoms with E-state index in [4.69, 9.17) is 9.47 Å². The smallest absolute Gasteiger partial charge is 0.300 e. The van der Waals surface area contributed by atoms with Crippen molar-refractivity contribution in [3.05, 3.63) is 76.0 Å². The number of carbonyl (C=O) groups excluding carboxylic acids is 2.